The molecule has 0 heterocycles. The predicted octanol–water partition coefficient (Wildman–Crippen LogP) is 4.16. The first kappa shape index (κ1) is 27.6. The summed E-state index contributed by atoms with van der Waals surface area (Å²) in [6.45, 7) is 3.92. The number of benzene rings is 2. The SMILES string of the molecule is Cc1ccc(CN(C(=O)CCCN(c2ccccc2F)S(C)(=O)=O)[C@@H](C)C(=O)NC2CCCC2)cc1. The summed E-state index contributed by atoms with van der Waals surface area (Å²) in [5, 5.41) is 3.07. The van der Waals surface area contributed by atoms with Crippen LogP contribution in [-0.2, 0) is 26.2 Å². The topological polar surface area (TPSA) is 86.8 Å². The van der Waals surface area contributed by atoms with E-state index in [1.165, 1.54) is 18.2 Å². The van der Waals surface area contributed by atoms with E-state index >= 15 is 0 Å². The largest absolute Gasteiger partial charge is 0.352 e. The molecule has 2 amide bonds. The fourth-order valence-electron chi connectivity index (χ4n) is 4.50. The molecule has 7 nitrogen and oxygen atoms in total. The van der Waals surface area contributed by atoms with Crippen molar-refractivity contribution in [2.24, 2.45) is 0 Å². The van der Waals surface area contributed by atoms with Crippen LogP contribution in [0.15, 0.2) is 48.5 Å². The molecule has 1 aliphatic rings. The van der Waals surface area contributed by atoms with Crippen LogP contribution < -0.4 is 9.62 Å². The van der Waals surface area contributed by atoms with Crippen LogP contribution in [0.2, 0.25) is 0 Å². The highest BCUT2D eigenvalue weighted by atomic mass is 32.2. The number of nitrogens with zero attached hydrogens (tertiary/aromatic N) is 2. The van der Waals surface area contributed by atoms with Crippen LogP contribution in [-0.4, -0.2) is 50.0 Å². The van der Waals surface area contributed by atoms with E-state index in [-0.39, 0.29) is 49.5 Å². The Morgan fingerprint density at radius 2 is 1.72 bits per heavy atom. The van der Waals surface area contributed by atoms with Gasteiger partial charge >= 0.3 is 0 Å². The van der Waals surface area contributed by atoms with Crippen molar-refractivity contribution in [3.8, 4) is 0 Å². The standard InChI is InChI=1S/C27H36FN3O4S/c1-20-14-16-22(17-15-20)19-30(21(2)27(33)29-23-9-4-5-10-23)26(32)13-8-18-31(36(3,34)35)25-12-7-6-11-24(25)28/h6-7,11-12,14-17,21,23H,4-5,8-10,13,18-19H2,1-3H3,(H,29,33)/t21-/m0/s1. The molecule has 1 aliphatic carbocycles. The summed E-state index contributed by atoms with van der Waals surface area (Å²) in [6, 6.07) is 12.9. The monoisotopic (exact) mass is 517 g/mol. The van der Waals surface area contributed by atoms with Crippen molar-refractivity contribution in [3.05, 3.63) is 65.5 Å². The quantitative estimate of drug-likeness (QED) is 0.485. The van der Waals surface area contributed by atoms with E-state index in [4.69, 9.17) is 0 Å². The molecule has 0 radical (unpaired) electrons. The Balaban J connectivity index is 1.72. The summed E-state index contributed by atoms with van der Waals surface area (Å²) in [5.41, 5.74) is 1.95. The lowest BCUT2D eigenvalue weighted by Gasteiger charge is -2.30. The molecule has 36 heavy (non-hydrogen) atoms. The average Bonchev–Trinajstić information content (AvgIpc) is 3.34. The van der Waals surface area contributed by atoms with Gasteiger partial charge in [0.05, 0.1) is 11.9 Å². The number of aryl methyl sites for hydroxylation is 1. The molecule has 1 fully saturated rings. The van der Waals surface area contributed by atoms with Gasteiger partial charge in [-0.25, -0.2) is 12.8 Å². The first-order valence-electron chi connectivity index (χ1n) is 12.4. The van der Waals surface area contributed by atoms with Crippen LogP contribution in [0, 0.1) is 12.7 Å². The van der Waals surface area contributed by atoms with E-state index in [9.17, 15) is 22.4 Å². The second-order valence-corrected chi connectivity index (χ2v) is 11.5. The Morgan fingerprint density at radius 1 is 1.08 bits per heavy atom. The number of para-hydroxylation sites is 1. The van der Waals surface area contributed by atoms with Gasteiger partial charge in [0.1, 0.15) is 11.9 Å². The van der Waals surface area contributed by atoms with Crippen LogP contribution in [0.25, 0.3) is 0 Å². The number of rotatable bonds is 11. The Labute approximate surface area is 213 Å². The highest BCUT2D eigenvalue weighted by Crippen LogP contribution is 2.23. The predicted molar refractivity (Wildman–Crippen MR) is 139 cm³/mol. The zero-order valence-corrected chi connectivity index (χ0v) is 22.1. The first-order chi connectivity index (χ1) is 17.1. The second kappa shape index (κ2) is 12.3. The summed E-state index contributed by atoms with van der Waals surface area (Å²) in [5.74, 6) is -1.09. The molecule has 2 aromatic rings. The van der Waals surface area contributed by atoms with Gasteiger partial charge in [-0.05, 0) is 50.8 Å². The number of amides is 2. The third-order valence-corrected chi connectivity index (χ3v) is 7.80. The molecular weight excluding hydrogens is 481 g/mol. The van der Waals surface area contributed by atoms with Gasteiger partial charge in [-0.2, -0.15) is 0 Å². The van der Waals surface area contributed by atoms with Crippen molar-refractivity contribution in [3.63, 3.8) is 0 Å². The van der Waals surface area contributed by atoms with Crippen molar-refractivity contribution in [1.29, 1.82) is 0 Å². The minimum atomic E-state index is -3.75. The fourth-order valence-corrected chi connectivity index (χ4v) is 5.47. The molecule has 3 rings (SSSR count). The second-order valence-electron chi connectivity index (χ2n) is 9.56. The molecule has 0 aromatic heterocycles. The first-order valence-corrected chi connectivity index (χ1v) is 14.3. The number of carbonyl (C=O) groups is 2. The molecule has 2 aromatic carbocycles. The van der Waals surface area contributed by atoms with Gasteiger partial charge in [0.25, 0.3) is 0 Å². The number of hydrogen-bond acceptors (Lipinski definition) is 4. The van der Waals surface area contributed by atoms with Gasteiger partial charge in [-0.15, -0.1) is 0 Å². The molecule has 1 atom stereocenters. The summed E-state index contributed by atoms with van der Waals surface area (Å²) >= 11 is 0. The number of halogens is 1. The number of nitrogens with one attached hydrogen (secondary N) is 1. The molecule has 1 saturated carbocycles. The van der Waals surface area contributed by atoms with Gasteiger partial charge in [0.15, 0.2) is 0 Å². The van der Waals surface area contributed by atoms with E-state index in [2.05, 4.69) is 5.32 Å². The Kier molecular flexibility index (Phi) is 9.48. The molecule has 1 N–H and O–H groups in total. The van der Waals surface area contributed by atoms with Gasteiger partial charge in [-0.1, -0.05) is 54.8 Å². The van der Waals surface area contributed by atoms with Crippen molar-refractivity contribution < 1.29 is 22.4 Å². The smallest absolute Gasteiger partial charge is 0.242 e. The third kappa shape index (κ3) is 7.53. The van der Waals surface area contributed by atoms with Crippen molar-refractivity contribution in [2.75, 3.05) is 17.1 Å². The molecule has 9 heteroatoms. The highest BCUT2D eigenvalue weighted by Gasteiger charge is 2.29. The molecule has 0 unspecified atom stereocenters. The molecule has 0 spiro atoms. The average molecular weight is 518 g/mol. The molecule has 0 saturated heterocycles. The van der Waals surface area contributed by atoms with Crippen LogP contribution in [0.3, 0.4) is 0 Å². The van der Waals surface area contributed by atoms with E-state index in [1.807, 2.05) is 31.2 Å². The molecule has 196 valence electrons. The fraction of sp³-hybridized carbons (Fsp3) is 0.481. The van der Waals surface area contributed by atoms with Crippen LogP contribution >= 0.6 is 0 Å². The number of carbonyl (C=O) groups excluding carboxylic acids is 2. The molecule has 0 aliphatic heterocycles. The lowest BCUT2D eigenvalue weighted by molar-refractivity contribution is -0.141. The van der Waals surface area contributed by atoms with E-state index < -0.39 is 21.9 Å². The normalized spacial score (nSPS) is 14.9. The zero-order valence-electron chi connectivity index (χ0n) is 21.2. The number of hydrogen-bond donors (Lipinski definition) is 1. The van der Waals surface area contributed by atoms with E-state index in [0.29, 0.717) is 0 Å². The van der Waals surface area contributed by atoms with Crippen LogP contribution in [0.5, 0.6) is 0 Å². The van der Waals surface area contributed by atoms with Crippen molar-refractivity contribution >= 4 is 27.5 Å². The zero-order chi connectivity index (χ0) is 26.3. The van der Waals surface area contributed by atoms with E-state index in [0.717, 1.165) is 47.4 Å². The lowest BCUT2D eigenvalue weighted by atomic mass is 10.1. The lowest BCUT2D eigenvalue weighted by Crippen LogP contribution is -2.49. The van der Waals surface area contributed by atoms with E-state index in [1.54, 1.807) is 17.9 Å². The maximum absolute atomic E-state index is 14.3. The Bertz CT molecular complexity index is 1150. The highest BCUT2D eigenvalue weighted by molar-refractivity contribution is 7.92. The maximum Gasteiger partial charge on any atom is 0.242 e. The van der Waals surface area contributed by atoms with Gasteiger partial charge in [0, 0.05) is 25.6 Å². The summed E-state index contributed by atoms with van der Waals surface area (Å²) in [6.07, 6.45) is 5.28. The van der Waals surface area contributed by atoms with Crippen molar-refractivity contribution in [1.82, 2.24) is 10.2 Å². The third-order valence-electron chi connectivity index (χ3n) is 6.62. The van der Waals surface area contributed by atoms with Crippen molar-refractivity contribution in [2.45, 2.75) is 71.0 Å². The minimum absolute atomic E-state index is 0.0212. The Morgan fingerprint density at radius 3 is 2.33 bits per heavy atom. The molecule has 0 bridgehead atoms. The van der Waals surface area contributed by atoms with Gasteiger partial charge in [-0.3, -0.25) is 13.9 Å². The summed E-state index contributed by atoms with van der Waals surface area (Å²) in [4.78, 5) is 27.9. The number of anilines is 1. The summed E-state index contributed by atoms with van der Waals surface area (Å²) < 4.78 is 39.9. The van der Waals surface area contributed by atoms with Gasteiger partial charge in [0.2, 0.25) is 21.8 Å². The maximum atomic E-state index is 14.3. The van der Waals surface area contributed by atoms with Gasteiger partial charge < -0.3 is 10.2 Å². The Hall–Kier alpha value is -2.94. The minimum Gasteiger partial charge on any atom is -0.352 e. The molecular formula is C27H36FN3O4S. The number of sulfonamides is 1. The van der Waals surface area contributed by atoms with Crippen LogP contribution in [0.4, 0.5) is 10.1 Å². The summed E-state index contributed by atoms with van der Waals surface area (Å²) in [7, 11) is -3.75. The van der Waals surface area contributed by atoms with Crippen LogP contribution in [0.1, 0.15) is 56.6 Å².